The number of halogens is 2. The first kappa shape index (κ1) is 17.0. The van der Waals surface area contributed by atoms with Gasteiger partial charge in [0.25, 0.3) is 6.08 Å². The second kappa shape index (κ2) is 5.80. The maximum absolute atomic E-state index is 13.5. The monoisotopic (exact) mass is 348 g/mol. The molecule has 0 heterocycles. The molecule has 3 aliphatic carbocycles. The van der Waals surface area contributed by atoms with Gasteiger partial charge < -0.3 is 9.84 Å². The van der Waals surface area contributed by atoms with Crippen molar-refractivity contribution in [2.75, 3.05) is 7.11 Å². The van der Waals surface area contributed by atoms with E-state index in [2.05, 4.69) is 6.92 Å². The first-order chi connectivity index (χ1) is 11.9. The highest BCUT2D eigenvalue weighted by Gasteiger charge is 2.58. The first-order valence-corrected chi connectivity index (χ1v) is 9.27. The number of methoxy groups -OCH3 is 1. The van der Waals surface area contributed by atoms with Gasteiger partial charge in [-0.3, -0.25) is 0 Å². The molecule has 136 valence electrons. The van der Waals surface area contributed by atoms with E-state index in [9.17, 15) is 13.9 Å². The number of aliphatic hydroxyl groups excluding tert-OH is 1. The van der Waals surface area contributed by atoms with Gasteiger partial charge in [-0.1, -0.05) is 13.0 Å². The summed E-state index contributed by atoms with van der Waals surface area (Å²) < 4.78 is 32.4. The van der Waals surface area contributed by atoms with Gasteiger partial charge in [-0.25, -0.2) is 0 Å². The molecular formula is C21H26F2O2. The van der Waals surface area contributed by atoms with Crippen LogP contribution in [-0.4, -0.2) is 18.3 Å². The number of ether oxygens (including phenoxy) is 1. The van der Waals surface area contributed by atoms with Crippen molar-refractivity contribution < 1.29 is 18.6 Å². The summed E-state index contributed by atoms with van der Waals surface area (Å²) in [4.78, 5) is 0. The van der Waals surface area contributed by atoms with Gasteiger partial charge in [0.1, 0.15) is 5.75 Å². The molecular weight excluding hydrogens is 322 g/mol. The first-order valence-electron chi connectivity index (χ1n) is 9.27. The van der Waals surface area contributed by atoms with E-state index in [4.69, 9.17) is 4.74 Å². The molecule has 2 unspecified atom stereocenters. The average molecular weight is 348 g/mol. The zero-order valence-corrected chi connectivity index (χ0v) is 14.9. The molecule has 0 aromatic heterocycles. The zero-order valence-electron chi connectivity index (χ0n) is 14.9. The van der Waals surface area contributed by atoms with Gasteiger partial charge >= 0.3 is 0 Å². The second-order valence-corrected chi connectivity index (χ2v) is 8.50. The fourth-order valence-electron chi connectivity index (χ4n) is 6.24. The molecule has 0 aliphatic heterocycles. The molecule has 0 spiro atoms. The predicted octanol–water partition coefficient (Wildman–Crippen LogP) is 4.85. The van der Waals surface area contributed by atoms with E-state index in [1.807, 2.05) is 18.2 Å². The van der Waals surface area contributed by atoms with Crippen LogP contribution in [-0.2, 0) is 11.8 Å². The Balaban J connectivity index is 1.85. The Kier molecular flexibility index (Phi) is 3.95. The standard InChI is InChI=1S/C21H26F2O2/c1-20-7-8-21(12-19(22)23)16-6-4-15(25-2)9-13(16)3-5-17(21)18(20)10-14(24)11-20/h4,6,9,12,14,17-18,24H,3,5,7-8,10-11H2,1-2H3/t14?,17-,18-,20+,21?/m0/s1. The minimum absolute atomic E-state index is 0.0815. The smallest absolute Gasteiger partial charge is 0.267 e. The Bertz CT molecular complexity index is 712. The average Bonchev–Trinajstić information content (AvgIpc) is 2.88. The normalized spacial score (nSPS) is 39.2. The topological polar surface area (TPSA) is 29.5 Å². The minimum Gasteiger partial charge on any atom is -0.497 e. The van der Waals surface area contributed by atoms with Crippen LogP contribution in [0, 0.1) is 17.3 Å². The molecule has 0 bridgehead atoms. The lowest BCUT2D eigenvalue weighted by Gasteiger charge is -2.55. The molecule has 4 heteroatoms. The van der Waals surface area contributed by atoms with Crippen LogP contribution in [0.25, 0.3) is 0 Å². The van der Waals surface area contributed by atoms with Crippen molar-refractivity contribution in [2.45, 2.75) is 57.0 Å². The van der Waals surface area contributed by atoms with Gasteiger partial charge in [0.2, 0.25) is 0 Å². The van der Waals surface area contributed by atoms with E-state index in [-0.39, 0.29) is 17.4 Å². The maximum Gasteiger partial charge on any atom is 0.267 e. The SMILES string of the molecule is COc1ccc2c(c1)CC[C@H]1[C@@H]3CC(O)C[C@@]3(C)CCC21C=C(F)F. The molecule has 4 rings (SSSR count). The van der Waals surface area contributed by atoms with Crippen LogP contribution >= 0.6 is 0 Å². The number of hydrogen-bond donors (Lipinski definition) is 1. The lowest BCUT2D eigenvalue weighted by molar-refractivity contribution is 0.0258. The zero-order chi connectivity index (χ0) is 17.8. The Morgan fingerprint density at radius 3 is 2.80 bits per heavy atom. The number of allylic oxidation sites excluding steroid dienone is 1. The third-order valence-corrected chi connectivity index (χ3v) is 7.29. The number of aryl methyl sites for hydroxylation is 1. The van der Waals surface area contributed by atoms with Gasteiger partial charge in [-0.05, 0) is 85.1 Å². The molecule has 25 heavy (non-hydrogen) atoms. The summed E-state index contributed by atoms with van der Waals surface area (Å²) in [6.07, 6.45) is 4.32. The van der Waals surface area contributed by atoms with E-state index in [1.54, 1.807) is 7.11 Å². The number of hydrogen-bond acceptors (Lipinski definition) is 2. The molecule has 3 aliphatic rings. The van der Waals surface area contributed by atoms with Crippen molar-refractivity contribution in [2.24, 2.45) is 17.3 Å². The highest BCUT2D eigenvalue weighted by atomic mass is 19.3. The van der Waals surface area contributed by atoms with Gasteiger partial charge in [0.05, 0.1) is 13.2 Å². The summed E-state index contributed by atoms with van der Waals surface area (Å²) in [6.45, 7) is 2.25. The molecule has 0 radical (unpaired) electrons. The Morgan fingerprint density at radius 1 is 1.28 bits per heavy atom. The molecule has 1 N–H and O–H groups in total. The van der Waals surface area contributed by atoms with Crippen LogP contribution in [0.4, 0.5) is 8.78 Å². The lowest BCUT2D eigenvalue weighted by atomic mass is 9.49. The van der Waals surface area contributed by atoms with Crippen LogP contribution in [0.3, 0.4) is 0 Å². The van der Waals surface area contributed by atoms with Gasteiger partial charge in [-0.15, -0.1) is 0 Å². The van der Waals surface area contributed by atoms with Crippen molar-refractivity contribution in [3.05, 3.63) is 41.5 Å². The van der Waals surface area contributed by atoms with Crippen molar-refractivity contribution in [3.63, 3.8) is 0 Å². The summed E-state index contributed by atoms with van der Waals surface area (Å²) in [5.74, 6) is 1.27. The molecule has 2 fully saturated rings. The molecule has 1 aromatic rings. The number of fused-ring (bicyclic) bond motifs is 5. The van der Waals surface area contributed by atoms with Crippen molar-refractivity contribution in [1.29, 1.82) is 0 Å². The molecule has 2 nitrogen and oxygen atoms in total. The summed E-state index contributed by atoms with van der Waals surface area (Å²) >= 11 is 0. The van der Waals surface area contributed by atoms with Crippen LogP contribution in [0.1, 0.15) is 50.2 Å². The number of aliphatic hydroxyl groups is 1. The van der Waals surface area contributed by atoms with E-state index in [0.29, 0.717) is 5.92 Å². The van der Waals surface area contributed by atoms with Crippen molar-refractivity contribution >= 4 is 0 Å². The van der Waals surface area contributed by atoms with E-state index < -0.39 is 11.5 Å². The lowest BCUT2D eigenvalue weighted by Crippen LogP contribution is -2.50. The summed E-state index contributed by atoms with van der Waals surface area (Å²) in [7, 11) is 1.64. The summed E-state index contributed by atoms with van der Waals surface area (Å²) in [5, 5.41) is 10.3. The predicted molar refractivity (Wildman–Crippen MR) is 92.9 cm³/mol. The third-order valence-electron chi connectivity index (χ3n) is 7.29. The highest BCUT2D eigenvalue weighted by molar-refractivity contribution is 5.47. The molecule has 0 amide bonds. The molecule has 2 saturated carbocycles. The number of rotatable bonds is 2. The second-order valence-electron chi connectivity index (χ2n) is 8.50. The molecule has 0 saturated heterocycles. The van der Waals surface area contributed by atoms with Crippen LogP contribution in [0.2, 0.25) is 0 Å². The Labute approximate surface area is 147 Å². The summed E-state index contributed by atoms with van der Waals surface area (Å²) in [6, 6.07) is 5.90. The van der Waals surface area contributed by atoms with E-state index >= 15 is 0 Å². The molecule has 1 aromatic carbocycles. The van der Waals surface area contributed by atoms with Crippen LogP contribution in [0.5, 0.6) is 5.75 Å². The van der Waals surface area contributed by atoms with Crippen molar-refractivity contribution in [1.82, 2.24) is 0 Å². The fourth-order valence-corrected chi connectivity index (χ4v) is 6.24. The Hall–Kier alpha value is -1.42. The largest absolute Gasteiger partial charge is 0.497 e. The quantitative estimate of drug-likeness (QED) is 0.828. The minimum atomic E-state index is -1.59. The maximum atomic E-state index is 13.5. The fraction of sp³-hybridized carbons (Fsp3) is 0.619. The number of benzene rings is 1. The van der Waals surface area contributed by atoms with E-state index in [0.717, 1.165) is 55.4 Å². The Morgan fingerprint density at radius 2 is 2.08 bits per heavy atom. The van der Waals surface area contributed by atoms with Gasteiger partial charge in [-0.2, -0.15) is 8.78 Å². The highest BCUT2D eigenvalue weighted by Crippen LogP contribution is 2.64. The molecule has 5 atom stereocenters. The van der Waals surface area contributed by atoms with Gasteiger partial charge in [0, 0.05) is 5.41 Å². The summed E-state index contributed by atoms with van der Waals surface area (Å²) in [5.41, 5.74) is 1.65. The van der Waals surface area contributed by atoms with Crippen LogP contribution in [0.15, 0.2) is 30.4 Å². The van der Waals surface area contributed by atoms with E-state index in [1.165, 1.54) is 6.08 Å². The van der Waals surface area contributed by atoms with Gasteiger partial charge in [0.15, 0.2) is 0 Å². The third kappa shape index (κ3) is 2.52. The van der Waals surface area contributed by atoms with Crippen LogP contribution < -0.4 is 4.74 Å². The van der Waals surface area contributed by atoms with Crippen molar-refractivity contribution in [3.8, 4) is 5.75 Å².